The van der Waals surface area contributed by atoms with Crippen LogP contribution in [0.2, 0.25) is 5.02 Å². The molecule has 3 heterocycles. The molecule has 5 rings (SSSR count). The summed E-state index contributed by atoms with van der Waals surface area (Å²) in [6.07, 6.45) is 1.76. The Morgan fingerprint density at radius 3 is 2.55 bits per heavy atom. The van der Waals surface area contributed by atoms with Crippen molar-refractivity contribution in [3.63, 3.8) is 0 Å². The first-order valence-electron chi connectivity index (χ1n) is 9.98. The highest BCUT2D eigenvalue weighted by atomic mass is 35.5. The molecule has 160 valence electrons. The van der Waals surface area contributed by atoms with Gasteiger partial charge >= 0.3 is 0 Å². The number of halogens is 1. The van der Waals surface area contributed by atoms with E-state index in [1.54, 1.807) is 18.4 Å². The second kappa shape index (κ2) is 7.75. The summed E-state index contributed by atoms with van der Waals surface area (Å²) in [6.45, 7) is 0.133. The molecule has 6 nitrogen and oxygen atoms in total. The summed E-state index contributed by atoms with van der Waals surface area (Å²) in [7, 11) is 1.63. The van der Waals surface area contributed by atoms with Crippen molar-refractivity contribution in [2.24, 2.45) is 0 Å². The lowest BCUT2D eigenvalue weighted by molar-refractivity contribution is 0.160. The number of ether oxygens (including phenoxy) is 1. The van der Waals surface area contributed by atoms with Crippen LogP contribution >= 0.6 is 22.9 Å². The van der Waals surface area contributed by atoms with E-state index >= 15 is 0 Å². The highest BCUT2D eigenvalue weighted by Gasteiger charge is 2.27. The van der Waals surface area contributed by atoms with E-state index in [1.165, 1.54) is 22.3 Å². The van der Waals surface area contributed by atoms with Gasteiger partial charge in [-0.25, -0.2) is 4.98 Å². The SMILES string of the molecule is COc1ccc(-c2c(Cl)c(Cn3c(O)ccc3O)nc3sc4c(c23)CCC(O)C4)cc1. The normalized spacial score (nSPS) is 15.9. The summed E-state index contributed by atoms with van der Waals surface area (Å²) in [5, 5.41) is 31.8. The number of aryl methyl sites for hydroxylation is 1. The van der Waals surface area contributed by atoms with Crippen molar-refractivity contribution in [3.8, 4) is 28.6 Å². The Hall–Kier alpha value is -2.74. The minimum absolute atomic E-state index is 0.0601. The van der Waals surface area contributed by atoms with Crippen molar-refractivity contribution in [3.05, 3.63) is 57.6 Å². The minimum Gasteiger partial charge on any atom is -0.497 e. The van der Waals surface area contributed by atoms with Crippen LogP contribution in [0, 0.1) is 0 Å². The van der Waals surface area contributed by atoms with Crippen molar-refractivity contribution >= 4 is 33.2 Å². The van der Waals surface area contributed by atoms with E-state index in [0.717, 1.165) is 38.4 Å². The molecule has 8 heteroatoms. The Kier molecular flexibility index (Phi) is 5.04. The molecular formula is C23H21ClN2O4S. The van der Waals surface area contributed by atoms with Crippen LogP contribution in [0.25, 0.3) is 21.3 Å². The number of rotatable bonds is 4. The third kappa shape index (κ3) is 3.43. The number of aliphatic hydroxyl groups is 1. The lowest BCUT2D eigenvalue weighted by Gasteiger charge is -2.18. The van der Waals surface area contributed by atoms with Gasteiger partial charge in [0.25, 0.3) is 0 Å². The third-order valence-corrected chi connectivity index (χ3v) is 7.36. The summed E-state index contributed by atoms with van der Waals surface area (Å²) in [5.41, 5.74) is 3.57. The van der Waals surface area contributed by atoms with Gasteiger partial charge in [-0.3, -0.25) is 4.57 Å². The molecule has 4 aromatic rings. The van der Waals surface area contributed by atoms with Crippen molar-refractivity contribution in [1.82, 2.24) is 9.55 Å². The minimum atomic E-state index is -0.339. The number of nitrogens with zero attached hydrogens (tertiary/aromatic N) is 2. The average Bonchev–Trinajstić information content (AvgIpc) is 3.28. The van der Waals surface area contributed by atoms with Crippen LogP contribution < -0.4 is 4.74 Å². The Morgan fingerprint density at radius 1 is 1.16 bits per heavy atom. The largest absolute Gasteiger partial charge is 0.497 e. The highest BCUT2D eigenvalue weighted by Crippen LogP contribution is 2.45. The summed E-state index contributed by atoms with van der Waals surface area (Å²) in [5.74, 6) is 0.633. The highest BCUT2D eigenvalue weighted by molar-refractivity contribution is 7.19. The molecular weight excluding hydrogens is 436 g/mol. The molecule has 0 amide bonds. The predicted molar refractivity (Wildman–Crippen MR) is 122 cm³/mol. The maximum Gasteiger partial charge on any atom is 0.194 e. The zero-order chi connectivity index (χ0) is 21.7. The summed E-state index contributed by atoms with van der Waals surface area (Å²) in [4.78, 5) is 6.80. The van der Waals surface area contributed by atoms with Gasteiger partial charge in [-0.15, -0.1) is 11.3 Å². The first-order chi connectivity index (χ1) is 15.0. The average molecular weight is 457 g/mol. The van der Waals surface area contributed by atoms with Gasteiger partial charge in [-0.1, -0.05) is 23.7 Å². The van der Waals surface area contributed by atoms with Gasteiger partial charge < -0.3 is 20.1 Å². The number of aromatic hydroxyl groups is 2. The number of fused-ring (bicyclic) bond motifs is 3. The molecule has 0 spiro atoms. The van der Waals surface area contributed by atoms with Crippen LogP contribution in [0.4, 0.5) is 0 Å². The number of hydrogen-bond acceptors (Lipinski definition) is 6. The van der Waals surface area contributed by atoms with Crippen LogP contribution in [-0.4, -0.2) is 38.1 Å². The van der Waals surface area contributed by atoms with Gasteiger partial charge in [0.1, 0.15) is 10.6 Å². The quantitative estimate of drug-likeness (QED) is 0.413. The molecule has 1 aromatic carbocycles. The Labute approximate surface area is 187 Å². The van der Waals surface area contributed by atoms with E-state index in [0.29, 0.717) is 23.6 Å². The molecule has 3 aromatic heterocycles. The molecule has 1 aliphatic rings. The number of aliphatic hydroxyl groups excluding tert-OH is 1. The van der Waals surface area contributed by atoms with E-state index in [9.17, 15) is 15.3 Å². The predicted octanol–water partition coefficient (Wildman–Crippen LogP) is 4.74. The van der Waals surface area contributed by atoms with Gasteiger partial charge in [0.2, 0.25) is 0 Å². The second-order valence-corrected chi connectivity index (χ2v) is 9.15. The topological polar surface area (TPSA) is 87.7 Å². The van der Waals surface area contributed by atoms with Crippen LogP contribution in [0.3, 0.4) is 0 Å². The van der Waals surface area contributed by atoms with Crippen LogP contribution in [0.5, 0.6) is 17.5 Å². The van der Waals surface area contributed by atoms with Crippen LogP contribution in [0.15, 0.2) is 36.4 Å². The monoisotopic (exact) mass is 456 g/mol. The fourth-order valence-corrected chi connectivity index (χ4v) is 5.83. The van der Waals surface area contributed by atoms with Gasteiger partial charge in [0.15, 0.2) is 11.8 Å². The number of benzene rings is 1. The summed E-state index contributed by atoms with van der Waals surface area (Å²) < 4.78 is 6.66. The number of pyridine rings is 1. The maximum atomic E-state index is 10.2. The van der Waals surface area contributed by atoms with Crippen molar-refractivity contribution in [2.75, 3.05) is 7.11 Å². The molecule has 1 atom stereocenters. The van der Waals surface area contributed by atoms with Crippen molar-refractivity contribution in [1.29, 1.82) is 0 Å². The van der Waals surface area contributed by atoms with Crippen LogP contribution in [0.1, 0.15) is 22.6 Å². The standard InChI is InChI=1S/C23H21ClN2O4S/c1-30-14-5-2-12(3-6-14)20-21-15-7-4-13(27)10-17(15)31-23(21)25-16(22(20)24)11-26-18(28)8-9-19(26)29/h2-3,5-6,8-9,13,27-29H,4,7,10-11H2,1H3. The molecule has 0 aliphatic heterocycles. The van der Waals surface area contributed by atoms with Crippen molar-refractivity contribution in [2.45, 2.75) is 31.9 Å². The fourth-order valence-electron chi connectivity index (χ4n) is 4.21. The number of aromatic nitrogens is 2. The van der Waals surface area contributed by atoms with Gasteiger partial charge in [-0.05, 0) is 36.1 Å². The maximum absolute atomic E-state index is 10.2. The summed E-state index contributed by atoms with van der Waals surface area (Å²) in [6, 6.07) is 10.6. The molecule has 3 N–H and O–H groups in total. The summed E-state index contributed by atoms with van der Waals surface area (Å²) >= 11 is 8.51. The van der Waals surface area contributed by atoms with Gasteiger partial charge in [0, 0.05) is 34.4 Å². The molecule has 1 aliphatic carbocycles. The zero-order valence-electron chi connectivity index (χ0n) is 16.8. The fraction of sp³-hybridized carbons (Fsp3) is 0.261. The molecule has 0 saturated heterocycles. The van der Waals surface area contributed by atoms with E-state index in [1.807, 2.05) is 24.3 Å². The molecule has 0 fully saturated rings. The number of methoxy groups -OCH3 is 1. The van der Waals surface area contributed by atoms with Crippen LogP contribution in [-0.2, 0) is 19.4 Å². The molecule has 1 unspecified atom stereocenters. The van der Waals surface area contributed by atoms with E-state index < -0.39 is 0 Å². The molecule has 31 heavy (non-hydrogen) atoms. The lowest BCUT2D eigenvalue weighted by Crippen LogP contribution is -2.16. The number of hydrogen-bond donors (Lipinski definition) is 3. The number of thiophene rings is 1. The molecule has 0 radical (unpaired) electrons. The zero-order valence-corrected chi connectivity index (χ0v) is 18.4. The Morgan fingerprint density at radius 2 is 1.87 bits per heavy atom. The Balaban J connectivity index is 1.75. The second-order valence-electron chi connectivity index (χ2n) is 7.69. The smallest absolute Gasteiger partial charge is 0.194 e. The van der Waals surface area contributed by atoms with Gasteiger partial charge in [0.05, 0.1) is 30.5 Å². The van der Waals surface area contributed by atoms with E-state index in [2.05, 4.69) is 0 Å². The lowest BCUT2D eigenvalue weighted by atomic mass is 9.91. The van der Waals surface area contributed by atoms with E-state index in [-0.39, 0.29) is 24.4 Å². The first-order valence-corrected chi connectivity index (χ1v) is 11.2. The first kappa shape index (κ1) is 20.2. The third-order valence-electron chi connectivity index (χ3n) is 5.80. The Bertz CT molecular complexity index is 1260. The van der Waals surface area contributed by atoms with Gasteiger partial charge in [-0.2, -0.15) is 0 Å². The molecule has 0 saturated carbocycles. The van der Waals surface area contributed by atoms with Crippen molar-refractivity contribution < 1.29 is 20.1 Å². The molecule has 0 bridgehead atoms. The van der Waals surface area contributed by atoms with E-state index in [4.69, 9.17) is 21.3 Å².